The number of aromatic nitrogens is 3. The molecule has 1 amide bonds. The van der Waals surface area contributed by atoms with Crippen molar-refractivity contribution >= 4 is 11.6 Å². The summed E-state index contributed by atoms with van der Waals surface area (Å²) in [7, 11) is 1.21. The number of carbonyl (C=O) groups is 1. The molecule has 0 spiro atoms. The summed E-state index contributed by atoms with van der Waals surface area (Å²) in [4.78, 5) is 24.9. The van der Waals surface area contributed by atoms with Gasteiger partial charge in [-0.15, -0.1) is 0 Å². The standard InChI is InChI=1S/C23H19F5N4O2/c1-34-22-17(26)8-13(10-29-22)21(33)32-20-18(12-4-6-23(27,28)7-5-12)30-11-31-19(20)15-9-14(24)2-3-16(15)25/h2-3,8-12H,4-7H2,1H3,(H,32,33). The zero-order valence-corrected chi connectivity index (χ0v) is 17.9. The number of nitrogens with one attached hydrogen (secondary N) is 1. The lowest BCUT2D eigenvalue weighted by Crippen LogP contribution is -2.25. The molecular formula is C23H19F5N4O2. The molecule has 3 aromatic rings. The van der Waals surface area contributed by atoms with Gasteiger partial charge in [0.15, 0.2) is 5.82 Å². The molecule has 2 heterocycles. The third-order valence-electron chi connectivity index (χ3n) is 5.67. The highest BCUT2D eigenvalue weighted by Crippen LogP contribution is 2.44. The number of methoxy groups -OCH3 is 1. The summed E-state index contributed by atoms with van der Waals surface area (Å²) in [6.45, 7) is 0. The van der Waals surface area contributed by atoms with Crippen molar-refractivity contribution < 1.29 is 31.5 Å². The van der Waals surface area contributed by atoms with Gasteiger partial charge in [0.25, 0.3) is 5.91 Å². The minimum Gasteiger partial charge on any atom is -0.479 e. The Hall–Kier alpha value is -3.63. The van der Waals surface area contributed by atoms with Gasteiger partial charge >= 0.3 is 0 Å². The Morgan fingerprint density at radius 3 is 2.47 bits per heavy atom. The second kappa shape index (κ2) is 9.32. The molecule has 1 N–H and O–H groups in total. The van der Waals surface area contributed by atoms with Gasteiger partial charge in [-0.25, -0.2) is 36.9 Å². The average molecular weight is 478 g/mol. The summed E-state index contributed by atoms with van der Waals surface area (Å²) < 4.78 is 74.8. The van der Waals surface area contributed by atoms with Crippen molar-refractivity contribution in [2.24, 2.45) is 0 Å². The van der Waals surface area contributed by atoms with Crippen LogP contribution < -0.4 is 10.1 Å². The fourth-order valence-electron chi connectivity index (χ4n) is 3.91. The van der Waals surface area contributed by atoms with Gasteiger partial charge in [0, 0.05) is 30.5 Å². The van der Waals surface area contributed by atoms with Crippen LogP contribution >= 0.6 is 0 Å². The summed E-state index contributed by atoms with van der Waals surface area (Å²) in [5.41, 5.74) is -0.425. The lowest BCUT2D eigenvalue weighted by Gasteiger charge is -2.29. The Kier molecular flexibility index (Phi) is 6.45. The third-order valence-corrected chi connectivity index (χ3v) is 5.67. The van der Waals surface area contributed by atoms with Crippen molar-refractivity contribution in [2.75, 3.05) is 12.4 Å². The molecule has 1 fully saturated rings. The van der Waals surface area contributed by atoms with Crippen molar-refractivity contribution in [3.8, 4) is 17.1 Å². The first-order valence-corrected chi connectivity index (χ1v) is 10.4. The Morgan fingerprint density at radius 2 is 1.79 bits per heavy atom. The maximum absolute atomic E-state index is 14.6. The molecule has 178 valence electrons. The number of nitrogens with zero attached hydrogens (tertiary/aromatic N) is 3. The van der Waals surface area contributed by atoms with E-state index in [0.717, 1.165) is 36.8 Å². The van der Waals surface area contributed by atoms with Gasteiger partial charge in [-0.2, -0.15) is 0 Å². The van der Waals surface area contributed by atoms with Crippen LogP contribution in [-0.4, -0.2) is 33.9 Å². The zero-order valence-electron chi connectivity index (χ0n) is 17.9. The van der Waals surface area contributed by atoms with E-state index in [1.807, 2.05) is 0 Å². The zero-order chi connectivity index (χ0) is 24.5. The van der Waals surface area contributed by atoms with E-state index in [2.05, 4.69) is 20.3 Å². The van der Waals surface area contributed by atoms with Crippen molar-refractivity contribution in [3.63, 3.8) is 0 Å². The highest BCUT2D eigenvalue weighted by molar-refractivity contribution is 6.06. The first-order valence-electron chi connectivity index (χ1n) is 10.4. The molecule has 6 nitrogen and oxygen atoms in total. The number of benzene rings is 1. The van der Waals surface area contributed by atoms with E-state index in [1.54, 1.807) is 0 Å². The molecule has 11 heteroatoms. The molecule has 1 aromatic carbocycles. The molecule has 0 saturated heterocycles. The van der Waals surface area contributed by atoms with E-state index in [-0.39, 0.29) is 59.8 Å². The number of ether oxygens (including phenoxy) is 1. The van der Waals surface area contributed by atoms with Gasteiger partial charge in [-0.1, -0.05) is 0 Å². The molecule has 2 aromatic heterocycles. The van der Waals surface area contributed by atoms with Gasteiger partial charge in [0.05, 0.1) is 24.1 Å². The van der Waals surface area contributed by atoms with Crippen LogP contribution in [0.2, 0.25) is 0 Å². The van der Waals surface area contributed by atoms with Crippen LogP contribution in [0.5, 0.6) is 5.88 Å². The van der Waals surface area contributed by atoms with E-state index in [9.17, 15) is 26.7 Å². The summed E-state index contributed by atoms with van der Waals surface area (Å²) in [6, 6.07) is 3.63. The Labute approximate surface area is 191 Å². The Balaban J connectivity index is 1.78. The van der Waals surface area contributed by atoms with E-state index >= 15 is 0 Å². The van der Waals surface area contributed by atoms with Crippen LogP contribution in [0.25, 0.3) is 11.3 Å². The number of halogens is 5. The van der Waals surface area contributed by atoms with Gasteiger partial charge in [0.2, 0.25) is 11.8 Å². The van der Waals surface area contributed by atoms with Crippen LogP contribution in [-0.2, 0) is 0 Å². The van der Waals surface area contributed by atoms with Crippen molar-refractivity contribution in [3.05, 3.63) is 65.5 Å². The number of hydrogen-bond acceptors (Lipinski definition) is 5. The molecule has 0 radical (unpaired) electrons. The molecule has 0 atom stereocenters. The third kappa shape index (κ3) is 4.82. The molecule has 1 aliphatic rings. The topological polar surface area (TPSA) is 77.0 Å². The number of amides is 1. The van der Waals surface area contributed by atoms with Gasteiger partial charge in [0.1, 0.15) is 23.7 Å². The van der Waals surface area contributed by atoms with Gasteiger partial charge < -0.3 is 10.1 Å². The number of alkyl halides is 2. The Bertz CT molecular complexity index is 1230. The fraction of sp³-hybridized carbons (Fsp3) is 0.304. The lowest BCUT2D eigenvalue weighted by molar-refractivity contribution is -0.0384. The van der Waals surface area contributed by atoms with E-state index in [1.165, 1.54) is 7.11 Å². The lowest BCUT2D eigenvalue weighted by atomic mass is 9.83. The number of hydrogen-bond donors (Lipinski definition) is 1. The average Bonchev–Trinajstić information content (AvgIpc) is 2.81. The monoisotopic (exact) mass is 478 g/mol. The van der Waals surface area contributed by atoms with Crippen LogP contribution in [0.1, 0.15) is 47.7 Å². The maximum atomic E-state index is 14.6. The summed E-state index contributed by atoms with van der Waals surface area (Å²) >= 11 is 0. The van der Waals surface area contributed by atoms with Crippen molar-refractivity contribution in [1.82, 2.24) is 15.0 Å². The smallest absolute Gasteiger partial charge is 0.257 e. The SMILES string of the molecule is COc1ncc(C(=O)Nc2c(-c3cc(F)ccc3F)ncnc2C2CCC(F)(F)CC2)cc1F. The van der Waals surface area contributed by atoms with E-state index < -0.39 is 35.2 Å². The molecular weight excluding hydrogens is 459 g/mol. The predicted molar refractivity (Wildman–Crippen MR) is 112 cm³/mol. The highest BCUT2D eigenvalue weighted by atomic mass is 19.3. The number of pyridine rings is 1. The molecule has 1 saturated carbocycles. The normalized spacial score (nSPS) is 15.7. The van der Waals surface area contributed by atoms with Crippen LogP contribution in [0.4, 0.5) is 27.6 Å². The minimum absolute atomic E-state index is 0.0661. The first kappa shape index (κ1) is 23.5. The number of anilines is 1. The van der Waals surface area contributed by atoms with Crippen LogP contribution in [0.3, 0.4) is 0 Å². The van der Waals surface area contributed by atoms with Crippen LogP contribution in [0, 0.1) is 17.5 Å². The maximum Gasteiger partial charge on any atom is 0.257 e. The van der Waals surface area contributed by atoms with Gasteiger partial charge in [-0.05, 0) is 37.1 Å². The molecule has 34 heavy (non-hydrogen) atoms. The molecule has 0 unspecified atom stereocenters. The Morgan fingerprint density at radius 1 is 1.06 bits per heavy atom. The summed E-state index contributed by atoms with van der Waals surface area (Å²) in [5, 5.41) is 2.54. The fourth-order valence-corrected chi connectivity index (χ4v) is 3.91. The molecule has 0 aliphatic heterocycles. The number of carbonyl (C=O) groups excluding carboxylic acids is 1. The minimum atomic E-state index is -2.81. The van der Waals surface area contributed by atoms with E-state index in [0.29, 0.717) is 0 Å². The van der Waals surface area contributed by atoms with Crippen molar-refractivity contribution in [2.45, 2.75) is 37.5 Å². The molecule has 0 bridgehead atoms. The largest absolute Gasteiger partial charge is 0.479 e. The molecule has 4 rings (SSSR count). The molecule has 1 aliphatic carbocycles. The predicted octanol–water partition coefficient (Wildman–Crippen LogP) is 5.51. The number of rotatable bonds is 5. The quantitative estimate of drug-likeness (QED) is 0.490. The summed E-state index contributed by atoms with van der Waals surface area (Å²) in [6.07, 6.45) is 1.54. The highest BCUT2D eigenvalue weighted by Gasteiger charge is 2.37. The second-order valence-corrected chi connectivity index (χ2v) is 7.91. The van der Waals surface area contributed by atoms with E-state index in [4.69, 9.17) is 4.74 Å². The van der Waals surface area contributed by atoms with Crippen LogP contribution in [0.15, 0.2) is 36.8 Å². The first-order chi connectivity index (χ1) is 16.2. The van der Waals surface area contributed by atoms with Crippen molar-refractivity contribution in [1.29, 1.82) is 0 Å². The second-order valence-electron chi connectivity index (χ2n) is 7.91. The summed E-state index contributed by atoms with van der Waals surface area (Å²) in [5.74, 6) is -6.88. The van der Waals surface area contributed by atoms with Gasteiger partial charge in [-0.3, -0.25) is 4.79 Å².